The number of hydrogen-bond donors (Lipinski definition) is 2. The first-order valence-electron chi connectivity index (χ1n) is 2.49. The molecule has 0 saturated heterocycles. The van der Waals surface area contributed by atoms with Crippen LogP contribution in [0.5, 0.6) is 0 Å². The summed E-state index contributed by atoms with van der Waals surface area (Å²) in [6.07, 6.45) is -0.653. The van der Waals surface area contributed by atoms with E-state index in [1.807, 2.05) is 13.8 Å². The van der Waals surface area contributed by atoms with Crippen LogP contribution in [0.2, 0.25) is 0 Å². The number of hydrogen-bond acceptors (Lipinski definition) is 2. The molecular weight excluding hydrogens is 92.1 g/mol. The van der Waals surface area contributed by atoms with Crippen LogP contribution in [0.15, 0.2) is 0 Å². The van der Waals surface area contributed by atoms with Crippen LogP contribution >= 0.6 is 0 Å². The molecule has 44 valence electrons. The van der Waals surface area contributed by atoms with Gasteiger partial charge in [-0.15, -0.1) is 0 Å². The van der Waals surface area contributed by atoms with Crippen molar-refractivity contribution >= 4 is 0 Å². The summed E-state index contributed by atoms with van der Waals surface area (Å²) in [5.74, 6) is 0.375. The first-order chi connectivity index (χ1) is 3.13. The normalized spacial score (nSPS) is 11.1. The van der Waals surface area contributed by atoms with E-state index in [2.05, 4.69) is 0 Å². The fourth-order valence-electron chi connectivity index (χ4n) is 0.422. The second-order valence-corrected chi connectivity index (χ2v) is 2.11. The van der Waals surface area contributed by atoms with E-state index in [9.17, 15) is 0 Å². The Hall–Kier alpha value is -0.0800. The zero-order valence-electron chi connectivity index (χ0n) is 4.76. The van der Waals surface area contributed by atoms with Gasteiger partial charge in [0.1, 0.15) is 0 Å². The van der Waals surface area contributed by atoms with Crippen LogP contribution in [0.1, 0.15) is 20.3 Å². The fourth-order valence-corrected chi connectivity index (χ4v) is 0.422. The lowest BCUT2D eigenvalue weighted by Crippen LogP contribution is -2.07. The van der Waals surface area contributed by atoms with E-state index in [0.29, 0.717) is 12.3 Å². The maximum Gasteiger partial charge on any atom is 0.151 e. The van der Waals surface area contributed by atoms with Crippen molar-refractivity contribution in [2.75, 3.05) is 0 Å². The highest BCUT2D eigenvalue weighted by Crippen LogP contribution is 2.00. The molecule has 0 bridgehead atoms. The summed E-state index contributed by atoms with van der Waals surface area (Å²) < 4.78 is 0. The van der Waals surface area contributed by atoms with Crippen molar-refractivity contribution in [3.8, 4) is 0 Å². The SMILES string of the molecule is CC(C)CC(O)O. The molecule has 2 nitrogen and oxygen atoms in total. The van der Waals surface area contributed by atoms with Gasteiger partial charge in [-0.3, -0.25) is 0 Å². The van der Waals surface area contributed by atoms with Gasteiger partial charge in [0, 0.05) is 6.42 Å². The van der Waals surface area contributed by atoms with Gasteiger partial charge in [0.05, 0.1) is 0 Å². The lowest BCUT2D eigenvalue weighted by molar-refractivity contribution is -0.0530. The molecule has 0 amide bonds. The third kappa shape index (κ3) is 5.92. The predicted octanol–water partition coefficient (Wildman–Crippen LogP) is 0.343. The van der Waals surface area contributed by atoms with Crippen molar-refractivity contribution in [1.29, 1.82) is 0 Å². The highest BCUT2D eigenvalue weighted by atomic mass is 16.5. The van der Waals surface area contributed by atoms with E-state index in [4.69, 9.17) is 10.2 Å². The molecule has 0 rings (SSSR count). The van der Waals surface area contributed by atoms with E-state index >= 15 is 0 Å². The van der Waals surface area contributed by atoms with Crippen LogP contribution in [0.25, 0.3) is 0 Å². The van der Waals surface area contributed by atoms with Gasteiger partial charge in [0.2, 0.25) is 0 Å². The Labute approximate surface area is 43.8 Å². The minimum atomic E-state index is -1.13. The molecule has 0 aliphatic rings. The van der Waals surface area contributed by atoms with E-state index in [1.54, 1.807) is 0 Å². The fraction of sp³-hybridized carbons (Fsp3) is 1.00. The Morgan fingerprint density at radius 3 is 1.71 bits per heavy atom. The van der Waals surface area contributed by atoms with Gasteiger partial charge in [-0.2, -0.15) is 0 Å². The zero-order valence-corrected chi connectivity index (χ0v) is 4.76. The van der Waals surface area contributed by atoms with Crippen molar-refractivity contribution in [1.82, 2.24) is 0 Å². The van der Waals surface area contributed by atoms with Gasteiger partial charge in [-0.1, -0.05) is 13.8 Å². The van der Waals surface area contributed by atoms with Crippen molar-refractivity contribution in [2.24, 2.45) is 5.92 Å². The molecular formula is C5H12O2. The molecule has 0 aliphatic heterocycles. The Balaban J connectivity index is 2.95. The summed E-state index contributed by atoms with van der Waals surface area (Å²) in [4.78, 5) is 0. The third-order valence-electron chi connectivity index (χ3n) is 0.682. The van der Waals surface area contributed by atoms with Crippen LogP contribution in [-0.2, 0) is 0 Å². The number of aliphatic hydroxyl groups excluding tert-OH is 1. The molecule has 0 spiro atoms. The first-order valence-corrected chi connectivity index (χ1v) is 2.49. The molecule has 0 aromatic heterocycles. The van der Waals surface area contributed by atoms with Gasteiger partial charge in [0.15, 0.2) is 6.29 Å². The minimum absolute atomic E-state index is 0.375. The van der Waals surface area contributed by atoms with Crippen LogP contribution in [0, 0.1) is 5.92 Å². The smallest absolute Gasteiger partial charge is 0.151 e. The molecule has 0 atom stereocenters. The van der Waals surface area contributed by atoms with Crippen molar-refractivity contribution in [2.45, 2.75) is 26.6 Å². The van der Waals surface area contributed by atoms with Gasteiger partial charge in [0.25, 0.3) is 0 Å². The summed E-state index contributed by atoms with van der Waals surface area (Å²) in [7, 11) is 0. The van der Waals surface area contributed by atoms with Gasteiger partial charge >= 0.3 is 0 Å². The molecule has 0 saturated carbocycles. The lowest BCUT2D eigenvalue weighted by Gasteiger charge is -2.03. The quantitative estimate of drug-likeness (QED) is 0.496. The Bertz CT molecular complexity index is 35.3. The average Bonchev–Trinajstić information content (AvgIpc) is 1.27. The van der Waals surface area contributed by atoms with E-state index < -0.39 is 6.29 Å². The molecule has 0 aliphatic carbocycles. The first kappa shape index (κ1) is 6.92. The highest BCUT2D eigenvalue weighted by Gasteiger charge is 1.98. The molecule has 0 unspecified atom stereocenters. The largest absolute Gasteiger partial charge is 0.368 e. The number of rotatable bonds is 2. The number of aliphatic hydroxyl groups is 2. The lowest BCUT2D eigenvalue weighted by atomic mass is 10.1. The molecule has 0 aromatic rings. The molecule has 0 fully saturated rings. The van der Waals surface area contributed by atoms with Crippen LogP contribution < -0.4 is 0 Å². The monoisotopic (exact) mass is 104 g/mol. The second kappa shape index (κ2) is 2.99. The summed E-state index contributed by atoms with van der Waals surface area (Å²) in [6.45, 7) is 3.89. The molecule has 2 heteroatoms. The topological polar surface area (TPSA) is 40.5 Å². The Morgan fingerprint density at radius 1 is 1.29 bits per heavy atom. The van der Waals surface area contributed by atoms with Gasteiger partial charge in [-0.05, 0) is 5.92 Å². The summed E-state index contributed by atoms with van der Waals surface area (Å²) in [5, 5.41) is 16.6. The standard InChI is InChI=1S/C5H12O2/c1-4(2)3-5(6)7/h4-7H,3H2,1-2H3. The van der Waals surface area contributed by atoms with Gasteiger partial charge in [-0.25, -0.2) is 0 Å². The molecule has 0 radical (unpaired) electrons. The van der Waals surface area contributed by atoms with E-state index in [-0.39, 0.29) is 0 Å². The highest BCUT2D eigenvalue weighted by molar-refractivity contribution is 4.43. The van der Waals surface area contributed by atoms with Crippen molar-refractivity contribution < 1.29 is 10.2 Å². The average molecular weight is 104 g/mol. The van der Waals surface area contributed by atoms with E-state index in [0.717, 1.165) is 0 Å². The molecule has 2 N–H and O–H groups in total. The molecule has 0 heterocycles. The predicted molar refractivity (Wildman–Crippen MR) is 27.7 cm³/mol. The summed E-state index contributed by atoms with van der Waals surface area (Å²) >= 11 is 0. The maximum absolute atomic E-state index is 8.28. The van der Waals surface area contributed by atoms with Crippen molar-refractivity contribution in [3.63, 3.8) is 0 Å². The maximum atomic E-state index is 8.28. The molecule has 0 aromatic carbocycles. The van der Waals surface area contributed by atoms with E-state index in [1.165, 1.54) is 0 Å². The van der Waals surface area contributed by atoms with Crippen LogP contribution in [0.3, 0.4) is 0 Å². The minimum Gasteiger partial charge on any atom is -0.368 e. The van der Waals surface area contributed by atoms with Crippen molar-refractivity contribution in [3.05, 3.63) is 0 Å². The molecule has 7 heavy (non-hydrogen) atoms. The van der Waals surface area contributed by atoms with Crippen LogP contribution in [-0.4, -0.2) is 16.5 Å². The zero-order chi connectivity index (χ0) is 5.86. The Morgan fingerprint density at radius 2 is 1.71 bits per heavy atom. The summed E-state index contributed by atoms with van der Waals surface area (Å²) in [6, 6.07) is 0. The van der Waals surface area contributed by atoms with Crippen LogP contribution in [0.4, 0.5) is 0 Å². The second-order valence-electron chi connectivity index (χ2n) is 2.11. The Kier molecular flexibility index (Phi) is 2.96. The summed E-state index contributed by atoms with van der Waals surface area (Å²) in [5.41, 5.74) is 0. The van der Waals surface area contributed by atoms with Gasteiger partial charge < -0.3 is 10.2 Å². The third-order valence-corrected chi connectivity index (χ3v) is 0.682.